The lowest BCUT2D eigenvalue weighted by atomic mass is 9.95. The van der Waals surface area contributed by atoms with E-state index in [0.29, 0.717) is 13.1 Å². The number of nitrogens with one attached hydrogen (secondary N) is 1. The van der Waals surface area contributed by atoms with Crippen molar-refractivity contribution >= 4 is 21.6 Å². The first-order valence-corrected chi connectivity index (χ1v) is 10.8. The summed E-state index contributed by atoms with van der Waals surface area (Å²) in [4.78, 5) is 4.69. The Kier molecular flexibility index (Phi) is 6.22. The van der Waals surface area contributed by atoms with Gasteiger partial charge in [0.25, 0.3) is 10.2 Å². The maximum Gasteiger partial charge on any atom is 0.281 e. The third-order valence-electron chi connectivity index (χ3n) is 4.94. The summed E-state index contributed by atoms with van der Waals surface area (Å²) in [5, 5.41) is 3.40. The van der Waals surface area contributed by atoms with E-state index in [-0.39, 0.29) is 5.92 Å². The molecular weight excluding hydrogens is 376 g/mol. The molecule has 0 aliphatic carbocycles. The molecule has 0 unspecified atom stereocenters. The molecule has 3 rings (SSSR count). The van der Waals surface area contributed by atoms with E-state index in [1.54, 1.807) is 25.5 Å². The smallest absolute Gasteiger partial charge is 0.281 e. The number of aromatic nitrogens is 1. The van der Waals surface area contributed by atoms with Gasteiger partial charge in [0, 0.05) is 55.9 Å². The highest BCUT2D eigenvalue weighted by atomic mass is 32.2. The van der Waals surface area contributed by atoms with Crippen molar-refractivity contribution in [1.29, 1.82) is 0 Å². The lowest BCUT2D eigenvalue weighted by Crippen LogP contribution is -2.45. The summed E-state index contributed by atoms with van der Waals surface area (Å²) in [5.74, 6) is 0.890. The van der Waals surface area contributed by atoms with E-state index in [1.807, 2.05) is 43.3 Å². The topological polar surface area (TPSA) is 74.8 Å². The Morgan fingerprint density at radius 1 is 1.18 bits per heavy atom. The van der Waals surface area contributed by atoms with Crippen LogP contribution in [-0.2, 0) is 10.2 Å². The van der Waals surface area contributed by atoms with E-state index in [2.05, 4.69) is 5.32 Å². The largest absolute Gasteiger partial charge is 0.497 e. The van der Waals surface area contributed by atoms with Gasteiger partial charge in [-0.25, -0.2) is 0 Å². The molecule has 0 spiro atoms. The standard InChI is InChI=1S/C20H28N4O3S/c1-15-12-18(22-17-7-9-19(27-4)10-8-17)13-20(21-15)16-6-5-11-24(14-16)28(25,26)23(2)3/h7-10,12-13,16H,5-6,11,14H2,1-4H3,(H,21,22)/t16-/m0/s1. The van der Waals surface area contributed by atoms with Crippen molar-refractivity contribution in [2.75, 3.05) is 39.6 Å². The SMILES string of the molecule is COc1ccc(Nc2cc(C)nc([C@H]3CCCN(S(=O)(=O)N(C)C)C3)c2)cc1. The van der Waals surface area contributed by atoms with Crippen LogP contribution in [0.15, 0.2) is 36.4 Å². The average molecular weight is 405 g/mol. The highest BCUT2D eigenvalue weighted by molar-refractivity contribution is 7.86. The van der Waals surface area contributed by atoms with Gasteiger partial charge in [0.1, 0.15) is 5.75 Å². The minimum absolute atomic E-state index is 0.0831. The summed E-state index contributed by atoms with van der Waals surface area (Å²) in [5.41, 5.74) is 3.73. The second-order valence-corrected chi connectivity index (χ2v) is 9.41. The number of methoxy groups -OCH3 is 1. The molecule has 1 aromatic heterocycles. The van der Waals surface area contributed by atoms with Crippen molar-refractivity contribution in [2.24, 2.45) is 0 Å². The highest BCUT2D eigenvalue weighted by Crippen LogP contribution is 2.30. The zero-order valence-corrected chi connectivity index (χ0v) is 17.7. The number of pyridine rings is 1. The summed E-state index contributed by atoms with van der Waals surface area (Å²) >= 11 is 0. The zero-order chi connectivity index (χ0) is 20.3. The van der Waals surface area contributed by atoms with Crippen molar-refractivity contribution < 1.29 is 13.2 Å². The molecule has 7 nitrogen and oxygen atoms in total. The quantitative estimate of drug-likeness (QED) is 0.801. The molecule has 0 saturated carbocycles. The van der Waals surface area contributed by atoms with Gasteiger partial charge >= 0.3 is 0 Å². The van der Waals surface area contributed by atoms with E-state index in [1.165, 1.54) is 4.31 Å². The van der Waals surface area contributed by atoms with Gasteiger partial charge < -0.3 is 10.1 Å². The summed E-state index contributed by atoms with van der Waals surface area (Å²) in [6.07, 6.45) is 1.76. The van der Waals surface area contributed by atoms with Crippen LogP contribution in [0.2, 0.25) is 0 Å². The number of aryl methyl sites for hydroxylation is 1. The summed E-state index contributed by atoms with van der Waals surface area (Å²) in [7, 11) is 1.38. The lowest BCUT2D eigenvalue weighted by molar-refractivity contribution is 0.296. The van der Waals surface area contributed by atoms with Crippen LogP contribution in [0.5, 0.6) is 5.75 Å². The van der Waals surface area contributed by atoms with Crippen LogP contribution in [0.1, 0.15) is 30.1 Å². The molecule has 28 heavy (non-hydrogen) atoms. The molecule has 8 heteroatoms. The molecule has 0 radical (unpaired) electrons. The highest BCUT2D eigenvalue weighted by Gasteiger charge is 2.31. The van der Waals surface area contributed by atoms with Crippen molar-refractivity contribution in [3.63, 3.8) is 0 Å². The number of ether oxygens (including phenoxy) is 1. The fourth-order valence-electron chi connectivity index (χ4n) is 3.44. The van der Waals surface area contributed by atoms with Crippen LogP contribution in [0, 0.1) is 6.92 Å². The Morgan fingerprint density at radius 2 is 1.89 bits per heavy atom. The Balaban J connectivity index is 1.80. The third kappa shape index (κ3) is 4.63. The van der Waals surface area contributed by atoms with E-state index in [9.17, 15) is 8.42 Å². The third-order valence-corrected chi connectivity index (χ3v) is 6.85. The first-order chi connectivity index (χ1) is 13.3. The Labute approximate surface area is 167 Å². The van der Waals surface area contributed by atoms with Crippen LogP contribution >= 0.6 is 0 Å². The van der Waals surface area contributed by atoms with Gasteiger partial charge in [0.05, 0.1) is 7.11 Å². The molecule has 152 valence electrons. The predicted octanol–water partition coefficient (Wildman–Crippen LogP) is 3.13. The molecule has 1 fully saturated rings. The Hall–Kier alpha value is -2.16. The predicted molar refractivity (Wildman–Crippen MR) is 111 cm³/mol. The van der Waals surface area contributed by atoms with E-state index >= 15 is 0 Å². The number of benzene rings is 1. The summed E-state index contributed by atoms with van der Waals surface area (Å²) in [6, 6.07) is 11.7. The van der Waals surface area contributed by atoms with Crippen molar-refractivity contribution in [3.05, 3.63) is 47.8 Å². The minimum atomic E-state index is -3.40. The Bertz CT molecular complexity index is 914. The number of hydrogen-bond acceptors (Lipinski definition) is 5. The number of rotatable bonds is 6. The molecule has 2 aromatic rings. The van der Waals surface area contributed by atoms with Gasteiger partial charge in [-0.1, -0.05) is 0 Å². The van der Waals surface area contributed by atoms with E-state index in [0.717, 1.165) is 41.4 Å². The molecule has 1 aromatic carbocycles. The van der Waals surface area contributed by atoms with Crippen LogP contribution in [0.3, 0.4) is 0 Å². The van der Waals surface area contributed by atoms with Crippen LogP contribution in [-0.4, -0.2) is 56.3 Å². The van der Waals surface area contributed by atoms with Crippen molar-refractivity contribution in [3.8, 4) is 5.75 Å². The number of nitrogens with zero attached hydrogens (tertiary/aromatic N) is 3. The first kappa shape index (κ1) is 20.6. The van der Waals surface area contributed by atoms with Gasteiger partial charge in [0.2, 0.25) is 0 Å². The maximum absolute atomic E-state index is 12.5. The molecular formula is C20H28N4O3S. The van der Waals surface area contributed by atoms with Crippen LogP contribution in [0.25, 0.3) is 0 Å². The molecule has 1 aliphatic heterocycles. The van der Waals surface area contributed by atoms with Gasteiger partial charge in [-0.3, -0.25) is 4.98 Å². The normalized spacial score (nSPS) is 18.2. The summed E-state index contributed by atoms with van der Waals surface area (Å²) in [6.45, 7) is 2.97. The summed E-state index contributed by atoms with van der Waals surface area (Å²) < 4.78 is 33.0. The molecule has 1 aliphatic rings. The molecule has 1 saturated heterocycles. The maximum atomic E-state index is 12.5. The fourth-order valence-corrected chi connectivity index (χ4v) is 4.63. The first-order valence-electron chi connectivity index (χ1n) is 9.37. The van der Waals surface area contributed by atoms with Crippen LogP contribution < -0.4 is 10.1 Å². The lowest BCUT2D eigenvalue weighted by Gasteiger charge is -2.33. The minimum Gasteiger partial charge on any atom is -0.497 e. The fraction of sp³-hybridized carbons (Fsp3) is 0.450. The number of piperidine rings is 1. The zero-order valence-electron chi connectivity index (χ0n) is 16.8. The molecule has 0 amide bonds. The number of anilines is 2. The number of hydrogen-bond donors (Lipinski definition) is 1. The van der Waals surface area contributed by atoms with E-state index < -0.39 is 10.2 Å². The monoisotopic (exact) mass is 404 g/mol. The second-order valence-electron chi connectivity index (χ2n) is 7.26. The van der Waals surface area contributed by atoms with Gasteiger partial charge in [-0.15, -0.1) is 0 Å². The molecule has 2 heterocycles. The van der Waals surface area contributed by atoms with Crippen LogP contribution in [0.4, 0.5) is 11.4 Å². The average Bonchev–Trinajstić information content (AvgIpc) is 2.68. The molecule has 1 atom stereocenters. The van der Waals surface area contributed by atoms with E-state index in [4.69, 9.17) is 9.72 Å². The Morgan fingerprint density at radius 3 is 2.54 bits per heavy atom. The molecule has 1 N–H and O–H groups in total. The van der Waals surface area contributed by atoms with Gasteiger partial charge in [-0.2, -0.15) is 17.0 Å². The van der Waals surface area contributed by atoms with Crippen molar-refractivity contribution in [2.45, 2.75) is 25.7 Å². The van der Waals surface area contributed by atoms with Gasteiger partial charge in [0.15, 0.2) is 0 Å². The van der Waals surface area contributed by atoms with Gasteiger partial charge in [-0.05, 0) is 56.2 Å². The second kappa shape index (κ2) is 8.46. The van der Waals surface area contributed by atoms with Crippen molar-refractivity contribution in [1.82, 2.24) is 13.6 Å². The molecule has 0 bridgehead atoms.